The van der Waals surface area contributed by atoms with Gasteiger partial charge in [-0.3, -0.25) is 0 Å². The van der Waals surface area contributed by atoms with E-state index >= 15 is 0 Å². The van der Waals surface area contributed by atoms with Crippen LogP contribution in [0.5, 0.6) is 5.75 Å². The van der Waals surface area contributed by atoms with Crippen molar-refractivity contribution >= 4 is 5.97 Å². The number of para-hydroxylation sites is 1. The summed E-state index contributed by atoms with van der Waals surface area (Å²) in [5, 5.41) is 3.64. The van der Waals surface area contributed by atoms with Crippen molar-refractivity contribution in [2.75, 3.05) is 6.61 Å². The molecule has 1 aliphatic rings. The fraction of sp³-hybridized carbons (Fsp3) is 0.781. The van der Waals surface area contributed by atoms with Gasteiger partial charge in [0, 0.05) is 23.9 Å². The summed E-state index contributed by atoms with van der Waals surface area (Å²) in [6.07, 6.45) is 20.3. The monoisotopic (exact) mass is 501 g/mol. The van der Waals surface area contributed by atoms with Crippen molar-refractivity contribution in [2.24, 2.45) is 0 Å². The van der Waals surface area contributed by atoms with Gasteiger partial charge in [0.1, 0.15) is 17.4 Å². The average Bonchev–Trinajstić information content (AvgIpc) is 2.79. The van der Waals surface area contributed by atoms with E-state index in [0.29, 0.717) is 17.9 Å². The number of esters is 1. The van der Waals surface area contributed by atoms with Crippen LogP contribution in [-0.2, 0) is 4.74 Å². The number of carbonyl (C=O) groups excluding carboxylic acids is 1. The summed E-state index contributed by atoms with van der Waals surface area (Å²) in [6, 6.07) is 7.51. The molecule has 1 N–H and O–H groups in total. The molecular weight excluding hydrogens is 446 g/mol. The Kier molecular flexibility index (Phi) is 13.9. The summed E-state index contributed by atoms with van der Waals surface area (Å²) < 4.78 is 12.0. The van der Waals surface area contributed by atoms with Crippen LogP contribution in [0.25, 0.3) is 0 Å². The maximum absolute atomic E-state index is 13.0. The molecule has 4 nitrogen and oxygen atoms in total. The highest BCUT2D eigenvalue weighted by Gasteiger charge is 2.39. The SMILES string of the molecule is CCCCCCCCCCCCCCCCOc1ccccc1C(=O)OC1CC(C)(C)NC(C)(C)C1. The van der Waals surface area contributed by atoms with Gasteiger partial charge in [-0.1, -0.05) is 103 Å². The summed E-state index contributed by atoms with van der Waals surface area (Å²) in [5.41, 5.74) is 0.421. The molecule has 1 fully saturated rings. The molecule has 0 aromatic heterocycles. The number of carbonyl (C=O) groups is 1. The Bertz CT molecular complexity index is 727. The standard InChI is InChI=1S/C32H55NO3/c1-6-7-8-9-10-11-12-13-14-15-16-17-18-21-24-35-29-23-20-19-22-28(29)30(34)36-27-25-31(2,3)33-32(4,5)26-27/h19-20,22-23,27,33H,6-18,21,24-26H2,1-5H3. The maximum atomic E-state index is 13.0. The first kappa shape index (κ1) is 30.7. The van der Waals surface area contributed by atoms with Gasteiger partial charge in [0.15, 0.2) is 0 Å². The first-order valence-corrected chi connectivity index (χ1v) is 14.9. The van der Waals surface area contributed by atoms with Crippen molar-refractivity contribution in [1.82, 2.24) is 5.32 Å². The maximum Gasteiger partial charge on any atom is 0.342 e. The molecule has 1 saturated heterocycles. The lowest BCUT2D eigenvalue weighted by molar-refractivity contribution is -0.00665. The molecule has 0 saturated carbocycles. The smallest absolute Gasteiger partial charge is 0.342 e. The second-order valence-corrected chi connectivity index (χ2v) is 12.3. The van der Waals surface area contributed by atoms with Gasteiger partial charge in [0.2, 0.25) is 0 Å². The van der Waals surface area contributed by atoms with Crippen LogP contribution >= 0.6 is 0 Å². The third-order valence-electron chi connectivity index (χ3n) is 7.29. The van der Waals surface area contributed by atoms with E-state index in [1.165, 1.54) is 83.5 Å². The van der Waals surface area contributed by atoms with Gasteiger partial charge in [0.25, 0.3) is 0 Å². The van der Waals surface area contributed by atoms with Gasteiger partial charge in [-0.25, -0.2) is 4.79 Å². The Morgan fingerprint density at radius 3 is 1.78 bits per heavy atom. The van der Waals surface area contributed by atoms with Gasteiger partial charge in [-0.2, -0.15) is 0 Å². The van der Waals surface area contributed by atoms with Crippen molar-refractivity contribution in [3.8, 4) is 5.75 Å². The second-order valence-electron chi connectivity index (χ2n) is 12.3. The molecule has 36 heavy (non-hydrogen) atoms. The minimum atomic E-state index is -0.273. The number of benzene rings is 1. The Morgan fingerprint density at radius 1 is 0.778 bits per heavy atom. The quantitative estimate of drug-likeness (QED) is 0.161. The minimum absolute atomic E-state index is 0.0589. The summed E-state index contributed by atoms with van der Waals surface area (Å²) >= 11 is 0. The summed E-state index contributed by atoms with van der Waals surface area (Å²) in [7, 11) is 0. The molecule has 206 valence electrons. The summed E-state index contributed by atoms with van der Waals surface area (Å²) in [4.78, 5) is 13.0. The Labute approximate surface area is 222 Å². The fourth-order valence-corrected chi connectivity index (χ4v) is 5.77. The highest BCUT2D eigenvalue weighted by atomic mass is 16.5. The molecule has 0 radical (unpaired) electrons. The molecule has 1 heterocycles. The van der Waals surface area contributed by atoms with Gasteiger partial charge in [-0.05, 0) is 46.2 Å². The molecule has 0 bridgehead atoms. The van der Waals surface area contributed by atoms with Crippen molar-refractivity contribution in [3.05, 3.63) is 29.8 Å². The van der Waals surface area contributed by atoms with Crippen molar-refractivity contribution < 1.29 is 14.3 Å². The first-order valence-electron chi connectivity index (χ1n) is 14.9. The molecule has 4 heteroatoms. The second kappa shape index (κ2) is 16.3. The lowest BCUT2D eigenvalue weighted by Crippen LogP contribution is -2.59. The third-order valence-corrected chi connectivity index (χ3v) is 7.29. The van der Waals surface area contributed by atoms with Crippen LogP contribution in [0.2, 0.25) is 0 Å². The number of piperidine rings is 1. The molecule has 0 unspecified atom stereocenters. The predicted octanol–water partition coefficient (Wildman–Crippen LogP) is 9.01. The van der Waals surface area contributed by atoms with Gasteiger partial charge in [-0.15, -0.1) is 0 Å². The Morgan fingerprint density at radius 2 is 1.25 bits per heavy atom. The van der Waals surface area contributed by atoms with E-state index in [1.807, 2.05) is 24.3 Å². The number of nitrogens with one attached hydrogen (secondary N) is 1. The zero-order valence-electron chi connectivity index (χ0n) is 24.1. The van der Waals surface area contributed by atoms with E-state index in [2.05, 4.69) is 39.9 Å². The normalized spacial score (nSPS) is 17.1. The predicted molar refractivity (Wildman–Crippen MR) is 152 cm³/mol. The lowest BCUT2D eigenvalue weighted by atomic mass is 9.81. The molecule has 0 amide bonds. The average molecular weight is 502 g/mol. The highest BCUT2D eigenvalue weighted by molar-refractivity contribution is 5.92. The zero-order chi connectivity index (χ0) is 26.3. The Balaban J connectivity index is 1.59. The number of hydrogen-bond acceptors (Lipinski definition) is 4. The van der Waals surface area contributed by atoms with Crippen molar-refractivity contribution in [3.63, 3.8) is 0 Å². The van der Waals surface area contributed by atoms with Crippen molar-refractivity contribution in [1.29, 1.82) is 0 Å². The number of unbranched alkanes of at least 4 members (excludes halogenated alkanes) is 13. The number of hydrogen-bond donors (Lipinski definition) is 1. The van der Waals surface area contributed by atoms with E-state index in [9.17, 15) is 4.79 Å². The topological polar surface area (TPSA) is 47.6 Å². The number of ether oxygens (including phenoxy) is 2. The summed E-state index contributed by atoms with van der Waals surface area (Å²) in [6.45, 7) is 11.6. The molecule has 1 aromatic carbocycles. The minimum Gasteiger partial charge on any atom is -0.493 e. The van der Waals surface area contributed by atoms with E-state index in [4.69, 9.17) is 9.47 Å². The lowest BCUT2D eigenvalue weighted by Gasteiger charge is -2.45. The van der Waals surface area contributed by atoms with E-state index in [1.54, 1.807) is 0 Å². The van der Waals surface area contributed by atoms with Crippen LogP contribution in [0, 0.1) is 0 Å². The van der Waals surface area contributed by atoms with Gasteiger partial charge >= 0.3 is 5.97 Å². The van der Waals surface area contributed by atoms with Gasteiger partial charge in [0.05, 0.1) is 6.61 Å². The van der Waals surface area contributed by atoms with E-state index in [-0.39, 0.29) is 23.2 Å². The van der Waals surface area contributed by atoms with E-state index < -0.39 is 0 Å². The third kappa shape index (κ3) is 12.6. The summed E-state index contributed by atoms with van der Waals surface area (Å²) in [5.74, 6) is 0.370. The van der Waals surface area contributed by atoms with Crippen LogP contribution in [0.4, 0.5) is 0 Å². The molecule has 2 rings (SSSR count). The van der Waals surface area contributed by atoms with Crippen LogP contribution in [-0.4, -0.2) is 29.8 Å². The fourth-order valence-electron chi connectivity index (χ4n) is 5.77. The largest absolute Gasteiger partial charge is 0.493 e. The molecule has 1 aromatic rings. The molecule has 0 atom stereocenters. The number of rotatable bonds is 18. The van der Waals surface area contributed by atoms with E-state index in [0.717, 1.165) is 19.3 Å². The van der Waals surface area contributed by atoms with Crippen LogP contribution in [0.15, 0.2) is 24.3 Å². The van der Waals surface area contributed by atoms with Gasteiger partial charge < -0.3 is 14.8 Å². The molecule has 0 spiro atoms. The van der Waals surface area contributed by atoms with Crippen LogP contribution < -0.4 is 10.1 Å². The van der Waals surface area contributed by atoms with Crippen LogP contribution in [0.3, 0.4) is 0 Å². The van der Waals surface area contributed by atoms with Crippen molar-refractivity contribution in [2.45, 2.75) is 155 Å². The molecular formula is C32H55NO3. The highest BCUT2D eigenvalue weighted by Crippen LogP contribution is 2.31. The molecule has 1 aliphatic heterocycles. The first-order chi connectivity index (χ1) is 17.2. The molecule has 0 aliphatic carbocycles. The Hall–Kier alpha value is -1.55. The zero-order valence-corrected chi connectivity index (χ0v) is 24.1. The van der Waals surface area contributed by atoms with Crippen LogP contribution in [0.1, 0.15) is 148 Å².